The fourth-order valence-electron chi connectivity index (χ4n) is 1.65. The zero-order chi connectivity index (χ0) is 11.3. The minimum Gasteiger partial charge on any atom is -0.277 e. The van der Waals surface area contributed by atoms with Gasteiger partial charge < -0.3 is 0 Å². The summed E-state index contributed by atoms with van der Waals surface area (Å²) in [5, 5.41) is 7.81. The Bertz CT molecular complexity index is 707. The van der Waals surface area contributed by atoms with Gasteiger partial charge in [-0.2, -0.15) is 0 Å². The van der Waals surface area contributed by atoms with Crippen molar-refractivity contribution in [2.75, 3.05) is 0 Å². The standard InChI is InChI=1S/C10H6ClFN4/c1-5-2-7-8(3-6(5)12)16-4-13-15-10(16)9(11)14-7/h2-4H,1H3. The molecule has 2 aromatic heterocycles. The lowest BCUT2D eigenvalue weighted by Crippen LogP contribution is -1.94. The number of hydrogen-bond donors (Lipinski definition) is 0. The van der Waals surface area contributed by atoms with Gasteiger partial charge in [-0.1, -0.05) is 11.6 Å². The zero-order valence-electron chi connectivity index (χ0n) is 8.28. The molecule has 16 heavy (non-hydrogen) atoms. The quantitative estimate of drug-likeness (QED) is 0.602. The van der Waals surface area contributed by atoms with Crippen molar-refractivity contribution < 1.29 is 4.39 Å². The maximum atomic E-state index is 13.5. The van der Waals surface area contributed by atoms with Crippen molar-refractivity contribution in [2.45, 2.75) is 6.92 Å². The number of halogens is 2. The van der Waals surface area contributed by atoms with Gasteiger partial charge in [0.05, 0.1) is 11.0 Å². The number of hydrogen-bond acceptors (Lipinski definition) is 3. The molecular weight excluding hydrogens is 231 g/mol. The fourth-order valence-corrected chi connectivity index (χ4v) is 1.87. The van der Waals surface area contributed by atoms with Crippen molar-refractivity contribution in [3.8, 4) is 0 Å². The number of rotatable bonds is 0. The Morgan fingerprint density at radius 3 is 3.00 bits per heavy atom. The zero-order valence-corrected chi connectivity index (χ0v) is 9.03. The normalized spacial score (nSPS) is 11.4. The third-order valence-electron chi connectivity index (χ3n) is 2.47. The van der Waals surface area contributed by atoms with E-state index in [-0.39, 0.29) is 11.0 Å². The predicted molar refractivity (Wildman–Crippen MR) is 58.0 cm³/mol. The minimum absolute atomic E-state index is 0.260. The molecule has 3 aromatic rings. The Hall–Kier alpha value is -1.75. The van der Waals surface area contributed by atoms with Crippen LogP contribution in [-0.4, -0.2) is 19.6 Å². The van der Waals surface area contributed by atoms with Crippen LogP contribution in [0.2, 0.25) is 5.15 Å². The highest BCUT2D eigenvalue weighted by atomic mass is 35.5. The molecule has 4 nitrogen and oxygen atoms in total. The molecule has 0 amide bonds. The Labute approximate surface area is 94.7 Å². The first-order valence-electron chi connectivity index (χ1n) is 4.62. The minimum atomic E-state index is -0.286. The van der Waals surface area contributed by atoms with Crippen molar-refractivity contribution in [3.63, 3.8) is 0 Å². The Kier molecular flexibility index (Phi) is 1.85. The third-order valence-corrected chi connectivity index (χ3v) is 2.72. The van der Waals surface area contributed by atoms with Crippen LogP contribution in [0.15, 0.2) is 18.5 Å². The number of benzene rings is 1. The predicted octanol–water partition coefficient (Wildman–Crippen LogP) is 2.38. The molecule has 0 atom stereocenters. The average molecular weight is 237 g/mol. The molecule has 0 unspecified atom stereocenters. The van der Waals surface area contributed by atoms with Gasteiger partial charge in [0.15, 0.2) is 10.8 Å². The molecule has 0 saturated heterocycles. The van der Waals surface area contributed by atoms with Crippen molar-refractivity contribution >= 4 is 28.3 Å². The Balaban J connectivity index is 2.59. The first-order chi connectivity index (χ1) is 7.66. The van der Waals surface area contributed by atoms with Gasteiger partial charge in [-0.3, -0.25) is 4.40 Å². The van der Waals surface area contributed by atoms with Crippen LogP contribution >= 0.6 is 11.6 Å². The van der Waals surface area contributed by atoms with E-state index in [1.807, 2.05) is 0 Å². The van der Waals surface area contributed by atoms with Gasteiger partial charge in [0.2, 0.25) is 0 Å². The van der Waals surface area contributed by atoms with Crippen LogP contribution in [0, 0.1) is 12.7 Å². The van der Waals surface area contributed by atoms with E-state index in [9.17, 15) is 4.39 Å². The largest absolute Gasteiger partial charge is 0.277 e. The van der Waals surface area contributed by atoms with Gasteiger partial charge in [0, 0.05) is 6.07 Å². The van der Waals surface area contributed by atoms with Gasteiger partial charge in [-0.05, 0) is 18.6 Å². The van der Waals surface area contributed by atoms with Crippen LogP contribution in [0.5, 0.6) is 0 Å². The topological polar surface area (TPSA) is 43.1 Å². The van der Waals surface area contributed by atoms with Crippen molar-refractivity contribution in [1.29, 1.82) is 0 Å². The molecule has 0 aliphatic rings. The summed E-state index contributed by atoms with van der Waals surface area (Å²) < 4.78 is 15.1. The van der Waals surface area contributed by atoms with Crippen molar-refractivity contribution in [2.24, 2.45) is 0 Å². The monoisotopic (exact) mass is 236 g/mol. The Morgan fingerprint density at radius 2 is 2.19 bits per heavy atom. The summed E-state index contributed by atoms with van der Waals surface area (Å²) in [4.78, 5) is 4.15. The summed E-state index contributed by atoms with van der Waals surface area (Å²) in [6.07, 6.45) is 1.49. The highest BCUT2D eigenvalue weighted by Crippen LogP contribution is 2.22. The van der Waals surface area contributed by atoms with Gasteiger partial charge in [0.1, 0.15) is 12.1 Å². The highest BCUT2D eigenvalue weighted by molar-refractivity contribution is 6.32. The SMILES string of the molecule is Cc1cc2nc(Cl)c3nncn3c2cc1F. The molecular formula is C10H6ClFN4. The number of fused-ring (bicyclic) bond motifs is 3. The molecule has 0 bridgehead atoms. The van der Waals surface area contributed by atoms with E-state index < -0.39 is 0 Å². The summed E-state index contributed by atoms with van der Waals surface area (Å²) >= 11 is 5.94. The second-order valence-corrected chi connectivity index (χ2v) is 3.88. The molecule has 0 aliphatic heterocycles. The highest BCUT2D eigenvalue weighted by Gasteiger charge is 2.10. The van der Waals surface area contributed by atoms with Crippen LogP contribution in [0.1, 0.15) is 5.56 Å². The molecule has 1 aromatic carbocycles. The molecule has 3 rings (SSSR count). The van der Waals surface area contributed by atoms with Crippen molar-refractivity contribution in [3.05, 3.63) is 35.0 Å². The first kappa shape index (κ1) is 9.47. The average Bonchev–Trinajstić information content (AvgIpc) is 2.71. The lowest BCUT2D eigenvalue weighted by atomic mass is 10.2. The lowest BCUT2D eigenvalue weighted by Gasteiger charge is -2.04. The fraction of sp³-hybridized carbons (Fsp3) is 0.100. The summed E-state index contributed by atoms with van der Waals surface area (Å²) in [7, 11) is 0. The molecule has 0 saturated carbocycles. The summed E-state index contributed by atoms with van der Waals surface area (Å²) in [5.74, 6) is -0.286. The van der Waals surface area contributed by atoms with Crippen molar-refractivity contribution in [1.82, 2.24) is 19.6 Å². The molecule has 6 heteroatoms. The van der Waals surface area contributed by atoms with Crippen LogP contribution in [0.4, 0.5) is 4.39 Å². The Morgan fingerprint density at radius 1 is 1.38 bits per heavy atom. The van der Waals surface area contributed by atoms with Crippen LogP contribution in [0.25, 0.3) is 16.7 Å². The summed E-state index contributed by atoms with van der Waals surface area (Å²) in [6, 6.07) is 3.06. The van der Waals surface area contributed by atoms with E-state index in [4.69, 9.17) is 11.6 Å². The summed E-state index contributed by atoms with van der Waals surface area (Å²) in [5.41, 5.74) is 2.18. The van der Waals surface area contributed by atoms with Gasteiger partial charge in [-0.25, -0.2) is 9.37 Å². The first-order valence-corrected chi connectivity index (χ1v) is 5.00. The molecule has 0 fully saturated rings. The molecule has 0 radical (unpaired) electrons. The van der Waals surface area contributed by atoms with E-state index in [2.05, 4.69) is 15.2 Å². The second kappa shape index (κ2) is 3.12. The second-order valence-electron chi connectivity index (χ2n) is 3.52. The third kappa shape index (κ3) is 1.18. The maximum absolute atomic E-state index is 13.5. The lowest BCUT2D eigenvalue weighted by molar-refractivity contribution is 0.620. The van der Waals surface area contributed by atoms with Gasteiger partial charge >= 0.3 is 0 Å². The number of aromatic nitrogens is 4. The van der Waals surface area contributed by atoms with Crippen LogP contribution in [-0.2, 0) is 0 Å². The molecule has 2 heterocycles. The molecule has 0 spiro atoms. The van der Waals surface area contributed by atoms with Crippen LogP contribution < -0.4 is 0 Å². The number of aryl methyl sites for hydroxylation is 1. The van der Waals surface area contributed by atoms with E-state index in [0.29, 0.717) is 22.2 Å². The van der Waals surface area contributed by atoms with E-state index in [0.717, 1.165) is 0 Å². The maximum Gasteiger partial charge on any atom is 0.198 e. The van der Waals surface area contributed by atoms with E-state index >= 15 is 0 Å². The number of nitrogens with zero attached hydrogens (tertiary/aromatic N) is 4. The van der Waals surface area contributed by atoms with Gasteiger partial charge in [-0.15, -0.1) is 10.2 Å². The molecule has 0 N–H and O–H groups in total. The molecule has 0 aliphatic carbocycles. The molecule has 80 valence electrons. The van der Waals surface area contributed by atoms with Crippen LogP contribution in [0.3, 0.4) is 0 Å². The summed E-state index contributed by atoms with van der Waals surface area (Å²) in [6.45, 7) is 1.68. The smallest absolute Gasteiger partial charge is 0.198 e. The van der Waals surface area contributed by atoms with E-state index in [1.54, 1.807) is 17.4 Å². The van der Waals surface area contributed by atoms with Gasteiger partial charge in [0.25, 0.3) is 0 Å². The van der Waals surface area contributed by atoms with E-state index in [1.165, 1.54) is 12.4 Å².